The van der Waals surface area contributed by atoms with Crippen LogP contribution in [0.25, 0.3) is 0 Å². The van der Waals surface area contributed by atoms with E-state index in [1.807, 2.05) is 0 Å². The summed E-state index contributed by atoms with van der Waals surface area (Å²) < 4.78 is 0. The molecule has 99 heavy (non-hydrogen) atoms. The van der Waals surface area contributed by atoms with Crippen molar-refractivity contribution in [1.82, 2.24) is 9.80 Å². The molecule has 0 aromatic heterocycles. The number of rotatable bonds is 8. The molecule has 2 heterocycles. The van der Waals surface area contributed by atoms with Crippen LogP contribution in [0.1, 0.15) is 386 Å². The van der Waals surface area contributed by atoms with Gasteiger partial charge in [-0.3, -0.25) is 9.80 Å². The molecule has 16 aliphatic rings. The van der Waals surface area contributed by atoms with Crippen molar-refractivity contribution in [3.63, 3.8) is 0 Å². The summed E-state index contributed by atoms with van der Waals surface area (Å²) in [6, 6.07) is 4.87. The lowest BCUT2D eigenvalue weighted by molar-refractivity contribution is -0.161. The minimum atomic E-state index is 0.326. The molecule has 0 aromatic carbocycles. The lowest BCUT2D eigenvalue weighted by atomic mass is 9.17. The van der Waals surface area contributed by atoms with Gasteiger partial charge in [0.2, 0.25) is 0 Å². The fourth-order valence-corrected chi connectivity index (χ4v) is 33.4. The Morgan fingerprint density at radius 2 is 0.556 bits per heavy atom. The average molecular weight is 1360 g/mol. The predicted molar refractivity (Wildman–Crippen MR) is 424 cm³/mol. The van der Waals surface area contributed by atoms with Crippen LogP contribution in [0.5, 0.6) is 0 Å². The van der Waals surface area contributed by atoms with E-state index in [0.29, 0.717) is 27.1 Å². The Balaban J connectivity index is 0.888. The Morgan fingerprint density at radius 1 is 0.212 bits per heavy atom. The first kappa shape index (κ1) is 73.1. The van der Waals surface area contributed by atoms with Crippen molar-refractivity contribution in [2.45, 2.75) is 440 Å². The van der Waals surface area contributed by atoms with Crippen molar-refractivity contribution >= 4 is 6.71 Å². The molecule has 23 unspecified atom stereocenters. The van der Waals surface area contributed by atoms with Gasteiger partial charge in [0.25, 0.3) is 0 Å². The number of hydrogen-bond acceptors (Lipinski definition) is 2. The highest BCUT2D eigenvalue weighted by Gasteiger charge is 2.70. The third-order valence-corrected chi connectivity index (χ3v) is 38.4. The summed E-state index contributed by atoms with van der Waals surface area (Å²) >= 11 is 0. The van der Waals surface area contributed by atoms with Crippen LogP contribution in [0.4, 0.5) is 0 Å². The van der Waals surface area contributed by atoms with Gasteiger partial charge < -0.3 is 0 Å². The van der Waals surface area contributed by atoms with Crippen LogP contribution in [0.15, 0.2) is 0 Å². The molecule has 0 bridgehead atoms. The molecule has 0 spiro atoms. The van der Waals surface area contributed by atoms with E-state index in [4.69, 9.17) is 0 Å². The zero-order valence-electron chi connectivity index (χ0n) is 68.6. The summed E-state index contributed by atoms with van der Waals surface area (Å²) in [5, 5.41) is 0. The molecule has 0 aromatic rings. The summed E-state index contributed by atoms with van der Waals surface area (Å²) in [6.07, 6.45) is 68.7. The molecule has 14 saturated carbocycles. The molecule has 2 aliphatic heterocycles. The molecule has 0 N–H and O–H groups in total. The average Bonchev–Trinajstić information content (AvgIpc) is 0.688. The van der Waals surface area contributed by atoms with Gasteiger partial charge in [-0.25, -0.2) is 0 Å². The van der Waals surface area contributed by atoms with Gasteiger partial charge in [-0.2, -0.15) is 0 Å². The number of nitrogens with zero attached hydrogens (tertiary/aromatic N) is 2. The van der Waals surface area contributed by atoms with Crippen molar-refractivity contribution < 1.29 is 0 Å². The normalized spacial score (nSPS) is 47.2. The first-order chi connectivity index (χ1) is 47.3. The summed E-state index contributed by atoms with van der Waals surface area (Å²) in [5.41, 5.74) is 1.98. The van der Waals surface area contributed by atoms with Crippen molar-refractivity contribution in [2.75, 3.05) is 0 Å². The van der Waals surface area contributed by atoms with Gasteiger partial charge in [-0.1, -0.05) is 284 Å². The summed E-state index contributed by atoms with van der Waals surface area (Å²) in [4.78, 5) is 7.90. The topological polar surface area (TPSA) is 6.48 Å². The first-order valence-corrected chi connectivity index (χ1v) is 46.8. The third kappa shape index (κ3) is 14.1. The van der Waals surface area contributed by atoms with Crippen molar-refractivity contribution in [1.29, 1.82) is 0 Å². The minimum absolute atomic E-state index is 0.326. The van der Waals surface area contributed by atoms with Gasteiger partial charge >= 0.3 is 0 Å². The molecule has 14 aliphatic carbocycles. The molecular formula is C96H165BN2. The van der Waals surface area contributed by atoms with Gasteiger partial charge in [-0.05, 0) is 283 Å². The minimum Gasteiger partial charge on any atom is -0.295 e. The lowest BCUT2D eigenvalue weighted by Gasteiger charge is -2.73. The summed E-state index contributed by atoms with van der Waals surface area (Å²) in [6.45, 7) is 42.2. The highest BCUT2D eigenvalue weighted by atomic mass is 15.3. The molecule has 0 radical (unpaired) electrons. The standard InChI is InChI=1S/C96H165BN2/c1-92(2,3)70-47-67-41-42-68-48-71(93(4,5)6)57-80-75(50-69(49-70)87(67)88(68)80)66-43-45-81-84(52-66)99(91-78(63-37-27-19-28-38-63)55-73(95(10,11)12)56-79(91)64-39-29-20-30-40-64)86-59-74(96(13,14)15)58-85-89(86)97(81)82-51-65(60-31-21-16-22-32-60)44-46-83(82)98(85)90-76(61-33-23-17-24-34-61)53-72(94(7,8)9)54-77(90)62-35-25-18-26-36-62/h60-91H,16-59H2,1-15H3. The van der Waals surface area contributed by atoms with E-state index >= 15 is 0 Å². The van der Waals surface area contributed by atoms with E-state index in [-0.39, 0.29) is 0 Å². The Labute approximate surface area is 616 Å². The maximum absolute atomic E-state index is 3.99. The van der Waals surface area contributed by atoms with E-state index < -0.39 is 0 Å². The predicted octanol–water partition coefficient (Wildman–Crippen LogP) is 27.2. The van der Waals surface area contributed by atoms with Crippen LogP contribution in [0.2, 0.25) is 17.5 Å². The highest BCUT2D eigenvalue weighted by molar-refractivity contribution is 6.65. The summed E-state index contributed by atoms with van der Waals surface area (Å²) in [7, 11) is 0. The first-order valence-electron chi connectivity index (χ1n) is 46.8. The van der Waals surface area contributed by atoms with Crippen LogP contribution < -0.4 is 0 Å². The maximum Gasteiger partial charge on any atom is 0.156 e. The highest BCUT2D eigenvalue weighted by Crippen LogP contribution is 2.72. The van der Waals surface area contributed by atoms with Crippen LogP contribution in [0, 0.1) is 163 Å². The van der Waals surface area contributed by atoms with Gasteiger partial charge in [0.15, 0.2) is 6.71 Å². The summed E-state index contributed by atoms with van der Waals surface area (Å²) in [5.74, 6) is 24.6. The van der Waals surface area contributed by atoms with E-state index in [1.54, 1.807) is 186 Å². The van der Waals surface area contributed by atoms with Crippen LogP contribution in [-0.2, 0) is 0 Å². The van der Waals surface area contributed by atoms with Gasteiger partial charge in [0.05, 0.1) is 0 Å². The van der Waals surface area contributed by atoms with E-state index in [9.17, 15) is 0 Å². The maximum atomic E-state index is 3.99. The molecule has 0 amide bonds. The smallest absolute Gasteiger partial charge is 0.156 e. The van der Waals surface area contributed by atoms with Crippen molar-refractivity contribution in [2.24, 2.45) is 163 Å². The van der Waals surface area contributed by atoms with Crippen LogP contribution >= 0.6 is 0 Å². The molecule has 2 saturated heterocycles. The second-order valence-corrected chi connectivity index (χ2v) is 47.7. The zero-order chi connectivity index (χ0) is 68.8. The monoisotopic (exact) mass is 1360 g/mol. The number of hydrogen-bond donors (Lipinski definition) is 0. The molecule has 16 rings (SSSR count). The third-order valence-electron chi connectivity index (χ3n) is 38.4. The SMILES string of the molecule is CC(C)(C)C1CC2CCC3CC(C(C)(C)C)CC4C(C5CCC6B7C8CC(C9CCCCC9)CCC8N(C8C(C9CCCCC9)CC(C(C)(C)C)CC8C8CCCCC8)C8CC(C(C)(C)C)CC(C78)N(C7C(C8CCCCC8)CC(C(C)(C)C)CC7C7CCCCC7)C6C5)CC(C1)C2C34. The van der Waals surface area contributed by atoms with Crippen LogP contribution in [-0.4, -0.2) is 52.8 Å². The van der Waals surface area contributed by atoms with E-state index in [0.717, 1.165) is 197 Å². The zero-order valence-corrected chi connectivity index (χ0v) is 68.6. The Bertz CT molecular complexity index is 2570. The molecule has 3 heteroatoms. The molecule has 562 valence electrons. The fraction of sp³-hybridized carbons (Fsp3) is 1.00. The lowest BCUT2D eigenvalue weighted by Crippen LogP contribution is -2.77. The molecule has 23 atom stereocenters. The Kier molecular flexibility index (Phi) is 21.3. The quantitative estimate of drug-likeness (QED) is 0.224. The molecule has 2 nitrogen and oxygen atoms in total. The molecule has 16 fully saturated rings. The van der Waals surface area contributed by atoms with Gasteiger partial charge in [0, 0.05) is 36.3 Å². The number of fused-ring (bicyclic) bond motifs is 4. The second-order valence-electron chi connectivity index (χ2n) is 47.7. The van der Waals surface area contributed by atoms with E-state index in [2.05, 4.69) is 114 Å². The molecular weight excluding hydrogens is 1190 g/mol. The van der Waals surface area contributed by atoms with Gasteiger partial charge in [-0.15, -0.1) is 0 Å². The van der Waals surface area contributed by atoms with Crippen LogP contribution in [0.3, 0.4) is 0 Å². The van der Waals surface area contributed by atoms with Gasteiger partial charge in [0.1, 0.15) is 0 Å². The second kappa shape index (κ2) is 28.8. The Hall–Kier alpha value is -0.0151. The van der Waals surface area contributed by atoms with E-state index in [1.165, 1.54) is 96.3 Å². The largest absolute Gasteiger partial charge is 0.295 e. The van der Waals surface area contributed by atoms with Crippen molar-refractivity contribution in [3.05, 3.63) is 0 Å². The van der Waals surface area contributed by atoms with Crippen molar-refractivity contribution in [3.8, 4) is 0 Å². The fourth-order valence-electron chi connectivity index (χ4n) is 33.4. The Morgan fingerprint density at radius 3 is 0.990 bits per heavy atom.